The standard InChI is InChI=1S/C14H22FNO2/c1-11(18)13-10-12(15)6-7-14(13)16(2)8-4-3-5-9-17/h6-7,10-11,17-18H,3-5,8-9H2,1-2H3. The van der Waals surface area contributed by atoms with Gasteiger partial charge >= 0.3 is 0 Å². The number of hydrogen-bond acceptors (Lipinski definition) is 3. The Bertz CT molecular complexity index is 369. The number of anilines is 1. The molecule has 1 rings (SSSR count). The molecule has 0 aliphatic heterocycles. The van der Waals surface area contributed by atoms with Crippen molar-refractivity contribution >= 4 is 5.69 Å². The van der Waals surface area contributed by atoms with E-state index < -0.39 is 6.10 Å². The van der Waals surface area contributed by atoms with Crippen molar-refractivity contribution in [2.75, 3.05) is 25.1 Å². The second-order valence-corrected chi connectivity index (χ2v) is 4.58. The van der Waals surface area contributed by atoms with Gasteiger partial charge < -0.3 is 15.1 Å². The van der Waals surface area contributed by atoms with E-state index in [0.717, 1.165) is 31.5 Å². The van der Waals surface area contributed by atoms with E-state index >= 15 is 0 Å². The van der Waals surface area contributed by atoms with Gasteiger partial charge in [0.05, 0.1) is 6.10 Å². The summed E-state index contributed by atoms with van der Waals surface area (Å²) in [6.07, 6.45) is 2.05. The Labute approximate surface area is 108 Å². The molecule has 0 radical (unpaired) electrons. The minimum absolute atomic E-state index is 0.221. The van der Waals surface area contributed by atoms with Gasteiger partial charge in [-0.25, -0.2) is 4.39 Å². The SMILES string of the molecule is CC(O)c1cc(F)ccc1N(C)CCCCCO. The molecule has 0 aliphatic rings. The summed E-state index contributed by atoms with van der Waals surface area (Å²) in [7, 11) is 1.93. The third-order valence-corrected chi connectivity index (χ3v) is 3.00. The van der Waals surface area contributed by atoms with Crippen LogP contribution in [-0.2, 0) is 0 Å². The van der Waals surface area contributed by atoms with Gasteiger partial charge in [-0.3, -0.25) is 0 Å². The molecule has 0 saturated carbocycles. The normalized spacial score (nSPS) is 12.5. The maximum absolute atomic E-state index is 13.2. The minimum Gasteiger partial charge on any atom is -0.396 e. The van der Waals surface area contributed by atoms with E-state index in [1.807, 2.05) is 11.9 Å². The van der Waals surface area contributed by atoms with Crippen LogP contribution >= 0.6 is 0 Å². The lowest BCUT2D eigenvalue weighted by Gasteiger charge is -2.23. The van der Waals surface area contributed by atoms with Gasteiger partial charge in [0.25, 0.3) is 0 Å². The molecule has 0 spiro atoms. The fraction of sp³-hybridized carbons (Fsp3) is 0.571. The van der Waals surface area contributed by atoms with E-state index in [4.69, 9.17) is 5.11 Å². The average molecular weight is 255 g/mol. The van der Waals surface area contributed by atoms with E-state index in [-0.39, 0.29) is 12.4 Å². The van der Waals surface area contributed by atoms with Crippen LogP contribution in [0, 0.1) is 5.82 Å². The van der Waals surface area contributed by atoms with Crippen LogP contribution in [0.5, 0.6) is 0 Å². The van der Waals surface area contributed by atoms with Gasteiger partial charge in [-0.2, -0.15) is 0 Å². The summed E-state index contributed by atoms with van der Waals surface area (Å²) in [5.74, 6) is -0.330. The van der Waals surface area contributed by atoms with Crippen LogP contribution in [0.2, 0.25) is 0 Å². The van der Waals surface area contributed by atoms with Crippen molar-refractivity contribution in [1.82, 2.24) is 0 Å². The molecule has 18 heavy (non-hydrogen) atoms. The summed E-state index contributed by atoms with van der Waals surface area (Å²) in [5.41, 5.74) is 1.47. The van der Waals surface area contributed by atoms with Crippen molar-refractivity contribution < 1.29 is 14.6 Å². The Morgan fingerprint density at radius 2 is 2.00 bits per heavy atom. The summed E-state index contributed by atoms with van der Waals surface area (Å²) in [6.45, 7) is 2.68. The summed E-state index contributed by atoms with van der Waals surface area (Å²) in [4.78, 5) is 2.01. The van der Waals surface area contributed by atoms with Crippen molar-refractivity contribution in [3.63, 3.8) is 0 Å². The van der Waals surface area contributed by atoms with Crippen LogP contribution in [0.1, 0.15) is 37.9 Å². The topological polar surface area (TPSA) is 43.7 Å². The summed E-state index contributed by atoms with van der Waals surface area (Å²) < 4.78 is 13.2. The third-order valence-electron chi connectivity index (χ3n) is 3.00. The number of aliphatic hydroxyl groups excluding tert-OH is 2. The van der Waals surface area contributed by atoms with E-state index in [9.17, 15) is 9.50 Å². The molecule has 1 aromatic carbocycles. The Morgan fingerprint density at radius 1 is 1.28 bits per heavy atom. The molecule has 0 amide bonds. The van der Waals surface area contributed by atoms with Crippen LogP contribution in [0.15, 0.2) is 18.2 Å². The third kappa shape index (κ3) is 4.27. The van der Waals surface area contributed by atoms with E-state index in [1.165, 1.54) is 12.1 Å². The van der Waals surface area contributed by atoms with E-state index in [1.54, 1.807) is 13.0 Å². The monoisotopic (exact) mass is 255 g/mol. The van der Waals surface area contributed by atoms with Crippen molar-refractivity contribution in [3.8, 4) is 0 Å². The van der Waals surface area contributed by atoms with Gasteiger partial charge in [0, 0.05) is 31.5 Å². The molecular formula is C14H22FNO2. The Kier molecular flexibility index (Phi) is 6.09. The molecule has 2 N–H and O–H groups in total. The fourth-order valence-electron chi connectivity index (χ4n) is 1.97. The van der Waals surface area contributed by atoms with Gasteiger partial charge in [-0.05, 0) is 44.4 Å². The van der Waals surface area contributed by atoms with Gasteiger partial charge in [-0.15, -0.1) is 0 Å². The average Bonchev–Trinajstić information content (AvgIpc) is 2.34. The summed E-state index contributed by atoms with van der Waals surface area (Å²) in [5, 5.41) is 18.4. The molecule has 0 aromatic heterocycles. The Hall–Kier alpha value is -1.13. The molecule has 1 unspecified atom stereocenters. The van der Waals surface area contributed by atoms with Crippen LogP contribution < -0.4 is 4.90 Å². The van der Waals surface area contributed by atoms with Crippen LogP contribution in [-0.4, -0.2) is 30.4 Å². The lowest BCUT2D eigenvalue weighted by atomic mass is 10.1. The molecule has 4 heteroatoms. The van der Waals surface area contributed by atoms with Gasteiger partial charge in [0.2, 0.25) is 0 Å². The summed E-state index contributed by atoms with van der Waals surface area (Å²) in [6, 6.07) is 4.49. The zero-order valence-corrected chi connectivity index (χ0v) is 11.1. The molecule has 0 bridgehead atoms. The van der Waals surface area contributed by atoms with Crippen LogP contribution in [0.4, 0.5) is 10.1 Å². The fourth-order valence-corrected chi connectivity index (χ4v) is 1.97. The van der Waals surface area contributed by atoms with Crippen LogP contribution in [0.3, 0.4) is 0 Å². The van der Waals surface area contributed by atoms with Gasteiger partial charge in [0.15, 0.2) is 0 Å². The lowest BCUT2D eigenvalue weighted by molar-refractivity contribution is 0.199. The van der Waals surface area contributed by atoms with Crippen molar-refractivity contribution in [3.05, 3.63) is 29.6 Å². The highest BCUT2D eigenvalue weighted by Gasteiger charge is 2.12. The molecule has 102 valence electrons. The first-order valence-electron chi connectivity index (χ1n) is 6.35. The minimum atomic E-state index is -0.685. The zero-order chi connectivity index (χ0) is 13.5. The van der Waals surface area contributed by atoms with Gasteiger partial charge in [0.1, 0.15) is 5.82 Å². The van der Waals surface area contributed by atoms with Crippen LogP contribution in [0.25, 0.3) is 0 Å². The predicted molar refractivity (Wildman–Crippen MR) is 71.2 cm³/mol. The highest BCUT2D eigenvalue weighted by molar-refractivity contribution is 5.54. The number of benzene rings is 1. The van der Waals surface area contributed by atoms with E-state index in [2.05, 4.69) is 0 Å². The lowest BCUT2D eigenvalue weighted by Crippen LogP contribution is -2.20. The molecule has 3 nitrogen and oxygen atoms in total. The first-order chi connectivity index (χ1) is 8.56. The first-order valence-corrected chi connectivity index (χ1v) is 6.35. The van der Waals surface area contributed by atoms with Crippen molar-refractivity contribution in [2.45, 2.75) is 32.3 Å². The van der Waals surface area contributed by atoms with Crippen molar-refractivity contribution in [1.29, 1.82) is 0 Å². The largest absolute Gasteiger partial charge is 0.396 e. The second kappa shape index (κ2) is 7.34. The number of halogens is 1. The molecule has 1 aromatic rings. The number of nitrogens with zero attached hydrogens (tertiary/aromatic N) is 1. The molecule has 0 saturated heterocycles. The highest BCUT2D eigenvalue weighted by atomic mass is 19.1. The predicted octanol–water partition coefficient (Wildman–Crippen LogP) is 2.48. The van der Waals surface area contributed by atoms with Gasteiger partial charge in [-0.1, -0.05) is 0 Å². The van der Waals surface area contributed by atoms with E-state index in [0.29, 0.717) is 5.56 Å². The quantitative estimate of drug-likeness (QED) is 0.736. The summed E-state index contributed by atoms with van der Waals surface area (Å²) >= 11 is 0. The molecule has 1 atom stereocenters. The molecule has 0 fully saturated rings. The number of hydrogen-bond donors (Lipinski definition) is 2. The molecular weight excluding hydrogens is 233 g/mol. The molecule has 0 heterocycles. The van der Waals surface area contributed by atoms with Crippen molar-refractivity contribution in [2.24, 2.45) is 0 Å². The second-order valence-electron chi connectivity index (χ2n) is 4.58. The maximum Gasteiger partial charge on any atom is 0.123 e. The number of aliphatic hydroxyl groups is 2. The Balaban J connectivity index is 2.69. The first kappa shape index (κ1) is 14.9. The highest BCUT2D eigenvalue weighted by Crippen LogP contribution is 2.26. The smallest absolute Gasteiger partial charge is 0.123 e. The maximum atomic E-state index is 13.2. The molecule has 0 aliphatic carbocycles. The Morgan fingerprint density at radius 3 is 2.61 bits per heavy atom. The number of unbranched alkanes of at least 4 members (excludes halogenated alkanes) is 2. The number of rotatable bonds is 7. The zero-order valence-electron chi connectivity index (χ0n) is 11.1.